The van der Waals surface area contributed by atoms with Crippen molar-refractivity contribution in [2.75, 3.05) is 0 Å². The van der Waals surface area contributed by atoms with Crippen molar-refractivity contribution in [2.24, 2.45) is 0 Å². The Morgan fingerprint density at radius 2 is 1.68 bits per heavy atom. The van der Waals surface area contributed by atoms with Crippen LogP contribution in [0.2, 0.25) is 0 Å². The molecule has 0 saturated carbocycles. The molecule has 0 saturated heterocycles. The molecule has 0 unspecified atom stereocenters. The van der Waals surface area contributed by atoms with Gasteiger partial charge in [-0.05, 0) is 31.2 Å². The second kappa shape index (κ2) is 4.20. The molecule has 0 aliphatic carbocycles. The van der Waals surface area contributed by atoms with Crippen LogP contribution in [0.4, 0.5) is 0 Å². The standard InChI is InChI=1S/C14H12N2O2S/c1-10-6-8-11(9-7-10)19(17,18)14-15-12-4-2-3-5-13(12)16-14/h2-9H,1H3,(H,15,16). The molecular weight excluding hydrogens is 260 g/mol. The number of H-pyrrole nitrogens is 1. The summed E-state index contributed by atoms with van der Waals surface area (Å²) in [6.07, 6.45) is 0. The minimum Gasteiger partial charge on any atom is -0.328 e. The first-order chi connectivity index (χ1) is 9.07. The Kier molecular flexibility index (Phi) is 2.64. The van der Waals surface area contributed by atoms with Gasteiger partial charge in [0.2, 0.25) is 15.0 Å². The molecular formula is C14H12N2O2S. The van der Waals surface area contributed by atoms with Crippen molar-refractivity contribution in [3.05, 3.63) is 54.1 Å². The normalized spacial score (nSPS) is 11.8. The van der Waals surface area contributed by atoms with Crippen LogP contribution < -0.4 is 0 Å². The molecule has 2 aromatic carbocycles. The molecule has 1 aromatic heterocycles. The predicted molar refractivity (Wildman–Crippen MR) is 72.7 cm³/mol. The van der Waals surface area contributed by atoms with E-state index in [4.69, 9.17) is 0 Å². The summed E-state index contributed by atoms with van der Waals surface area (Å²) in [5.74, 6) is 0. The van der Waals surface area contributed by atoms with Gasteiger partial charge < -0.3 is 4.98 Å². The minimum absolute atomic E-state index is 0.0162. The number of hydrogen-bond acceptors (Lipinski definition) is 3. The first kappa shape index (κ1) is 11.9. The maximum Gasteiger partial charge on any atom is 0.239 e. The van der Waals surface area contributed by atoms with E-state index in [0.717, 1.165) is 5.56 Å². The number of benzene rings is 2. The fourth-order valence-corrected chi connectivity index (χ4v) is 3.07. The van der Waals surface area contributed by atoms with E-state index in [0.29, 0.717) is 11.0 Å². The van der Waals surface area contributed by atoms with Gasteiger partial charge in [0.1, 0.15) is 0 Å². The lowest BCUT2D eigenvalue weighted by molar-refractivity contribution is 0.589. The zero-order valence-corrected chi connectivity index (χ0v) is 11.1. The summed E-state index contributed by atoms with van der Waals surface area (Å²) in [6.45, 7) is 1.91. The number of fused-ring (bicyclic) bond motifs is 1. The maximum atomic E-state index is 12.4. The van der Waals surface area contributed by atoms with Crippen LogP contribution in [0.1, 0.15) is 5.56 Å². The van der Waals surface area contributed by atoms with E-state index >= 15 is 0 Å². The quantitative estimate of drug-likeness (QED) is 0.780. The van der Waals surface area contributed by atoms with E-state index < -0.39 is 9.84 Å². The number of aromatic nitrogens is 2. The Balaban J connectivity index is 2.16. The molecule has 3 aromatic rings. The van der Waals surface area contributed by atoms with Crippen LogP contribution in [0.25, 0.3) is 11.0 Å². The molecule has 0 aliphatic heterocycles. The first-order valence-electron chi connectivity index (χ1n) is 5.84. The number of nitrogens with one attached hydrogen (secondary N) is 1. The number of rotatable bonds is 2. The zero-order chi connectivity index (χ0) is 13.5. The van der Waals surface area contributed by atoms with E-state index in [2.05, 4.69) is 9.97 Å². The highest BCUT2D eigenvalue weighted by Gasteiger charge is 2.21. The van der Waals surface area contributed by atoms with Gasteiger partial charge in [-0.1, -0.05) is 29.8 Å². The second-order valence-corrected chi connectivity index (χ2v) is 6.24. The number of para-hydroxylation sites is 2. The maximum absolute atomic E-state index is 12.4. The van der Waals surface area contributed by atoms with Gasteiger partial charge in [-0.25, -0.2) is 13.4 Å². The number of sulfone groups is 1. The van der Waals surface area contributed by atoms with E-state index in [-0.39, 0.29) is 10.1 Å². The van der Waals surface area contributed by atoms with Crippen molar-refractivity contribution in [1.29, 1.82) is 0 Å². The van der Waals surface area contributed by atoms with Crippen molar-refractivity contribution in [1.82, 2.24) is 9.97 Å². The van der Waals surface area contributed by atoms with Gasteiger partial charge in [-0.3, -0.25) is 0 Å². The van der Waals surface area contributed by atoms with Crippen LogP contribution in [-0.4, -0.2) is 18.4 Å². The molecule has 3 rings (SSSR count). The minimum atomic E-state index is -3.58. The summed E-state index contributed by atoms with van der Waals surface area (Å²) in [4.78, 5) is 7.24. The average molecular weight is 272 g/mol. The van der Waals surface area contributed by atoms with Crippen molar-refractivity contribution < 1.29 is 8.42 Å². The third-order valence-corrected chi connectivity index (χ3v) is 4.55. The predicted octanol–water partition coefficient (Wildman–Crippen LogP) is 2.70. The van der Waals surface area contributed by atoms with E-state index in [9.17, 15) is 8.42 Å². The lowest BCUT2D eigenvalue weighted by atomic mass is 10.2. The van der Waals surface area contributed by atoms with Crippen LogP contribution in [0.15, 0.2) is 58.6 Å². The fraction of sp³-hybridized carbons (Fsp3) is 0.0714. The zero-order valence-electron chi connectivity index (χ0n) is 10.3. The lowest BCUT2D eigenvalue weighted by Crippen LogP contribution is -2.03. The fourth-order valence-electron chi connectivity index (χ4n) is 1.89. The number of aryl methyl sites for hydroxylation is 1. The smallest absolute Gasteiger partial charge is 0.239 e. The number of hydrogen-bond donors (Lipinski definition) is 1. The van der Waals surface area contributed by atoms with Gasteiger partial charge in [0.05, 0.1) is 15.9 Å². The summed E-state index contributed by atoms with van der Waals surface area (Å²) in [7, 11) is -3.58. The summed E-state index contributed by atoms with van der Waals surface area (Å²) < 4.78 is 24.8. The van der Waals surface area contributed by atoms with Gasteiger partial charge >= 0.3 is 0 Å². The largest absolute Gasteiger partial charge is 0.328 e. The van der Waals surface area contributed by atoms with Crippen molar-refractivity contribution >= 4 is 20.9 Å². The molecule has 96 valence electrons. The van der Waals surface area contributed by atoms with Crippen molar-refractivity contribution in [2.45, 2.75) is 17.0 Å². The highest BCUT2D eigenvalue weighted by molar-refractivity contribution is 7.91. The number of aromatic amines is 1. The SMILES string of the molecule is Cc1ccc(S(=O)(=O)c2nc3ccccc3[nH]2)cc1. The number of imidazole rings is 1. The molecule has 1 heterocycles. The highest BCUT2D eigenvalue weighted by atomic mass is 32.2. The molecule has 1 N–H and O–H groups in total. The van der Waals surface area contributed by atoms with Gasteiger partial charge in [0, 0.05) is 0 Å². The molecule has 0 fully saturated rings. The topological polar surface area (TPSA) is 62.8 Å². The summed E-state index contributed by atoms with van der Waals surface area (Å²) in [5, 5.41) is -0.0162. The summed E-state index contributed by atoms with van der Waals surface area (Å²) >= 11 is 0. The second-order valence-electron chi connectivity index (χ2n) is 4.38. The lowest BCUT2D eigenvalue weighted by Gasteiger charge is -2.01. The molecule has 4 nitrogen and oxygen atoms in total. The Hall–Kier alpha value is -2.14. The average Bonchev–Trinajstić information content (AvgIpc) is 2.83. The van der Waals surface area contributed by atoms with E-state index in [1.54, 1.807) is 36.4 Å². The molecule has 19 heavy (non-hydrogen) atoms. The van der Waals surface area contributed by atoms with E-state index in [1.165, 1.54) is 0 Å². The summed E-state index contributed by atoms with van der Waals surface area (Å²) in [6, 6.07) is 14.0. The molecule has 0 radical (unpaired) electrons. The van der Waals surface area contributed by atoms with Crippen LogP contribution >= 0.6 is 0 Å². The Morgan fingerprint density at radius 3 is 2.37 bits per heavy atom. The third kappa shape index (κ3) is 2.02. The van der Waals surface area contributed by atoms with Gasteiger partial charge in [0.15, 0.2) is 0 Å². The monoisotopic (exact) mass is 272 g/mol. The van der Waals surface area contributed by atoms with Gasteiger partial charge in [-0.15, -0.1) is 0 Å². The van der Waals surface area contributed by atoms with Crippen LogP contribution in [0, 0.1) is 6.92 Å². The molecule has 5 heteroatoms. The third-order valence-electron chi connectivity index (χ3n) is 2.95. The molecule has 0 atom stereocenters. The van der Waals surface area contributed by atoms with Crippen LogP contribution in [0.5, 0.6) is 0 Å². The molecule has 0 amide bonds. The Morgan fingerprint density at radius 1 is 1.00 bits per heavy atom. The van der Waals surface area contributed by atoms with Crippen LogP contribution in [-0.2, 0) is 9.84 Å². The van der Waals surface area contributed by atoms with Crippen molar-refractivity contribution in [3.8, 4) is 0 Å². The van der Waals surface area contributed by atoms with Gasteiger partial charge in [0.25, 0.3) is 0 Å². The van der Waals surface area contributed by atoms with Gasteiger partial charge in [-0.2, -0.15) is 0 Å². The molecule has 0 aliphatic rings. The molecule has 0 bridgehead atoms. The van der Waals surface area contributed by atoms with Crippen molar-refractivity contribution in [3.63, 3.8) is 0 Å². The Bertz CT molecular complexity index is 800. The van der Waals surface area contributed by atoms with Crippen LogP contribution in [0.3, 0.4) is 0 Å². The molecule has 0 spiro atoms. The first-order valence-corrected chi connectivity index (χ1v) is 7.32. The summed E-state index contributed by atoms with van der Waals surface area (Å²) in [5.41, 5.74) is 2.38. The highest BCUT2D eigenvalue weighted by Crippen LogP contribution is 2.21. The Labute approximate surface area is 111 Å². The number of nitrogens with zero attached hydrogens (tertiary/aromatic N) is 1. The van der Waals surface area contributed by atoms with E-state index in [1.807, 2.05) is 19.1 Å².